The zero-order chi connectivity index (χ0) is 48.2. The van der Waals surface area contributed by atoms with E-state index in [0.29, 0.717) is 0 Å². The third-order valence-electron chi connectivity index (χ3n) is 8.81. The average Bonchev–Trinajstić information content (AvgIpc) is 3.14. The smallest absolute Gasteiger partial charge is 0.303 e. The van der Waals surface area contributed by atoms with Crippen molar-refractivity contribution in [3.05, 3.63) is 0 Å². The van der Waals surface area contributed by atoms with Crippen molar-refractivity contribution in [3.63, 3.8) is 0 Å². The molecular weight excluding hydrogens is 872 g/mol. The molecule has 64 heavy (non-hydrogen) atoms. The molecule has 0 aromatic carbocycles. The molecule has 0 amide bonds. The van der Waals surface area contributed by atoms with Gasteiger partial charge in [-0.2, -0.15) is 0 Å². The lowest BCUT2D eigenvalue weighted by Gasteiger charge is -2.47. The predicted octanol–water partition coefficient (Wildman–Crippen LogP) is -1.86. The molecule has 0 aromatic heterocycles. The molecule has 26 heteroatoms. The Labute approximate surface area is 364 Å². The van der Waals surface area contributed by atoms with Gasteiger partial charge in [-0.25, -0.2) is 0 Å². The maximum Gasteiger partial charge on any atom is 0.303 e. The van der Waals surface area contributed by atoms with Gasteiger partial charge in [0.15, 0.2) is 73.8 Å². The van der Waals surface area contributed by atoms with Crippen LogP contribution in [0.15, 0.2) is 0 Å². The third-order valence-corrected chi connectivity index (χ3v) is 8.81. The molecule has 0 saturated carbocycles. The summed E-state index contributed by atoms with van der Waals surface area (Å²) in [5.41, 5.74) is 0. The highest BCUT2D eigenvalue weighted by Gasteiger charge is 2.57. The highest BCUT2D eigenvalue weighted by Crippen LogP contribution is 2.35. The highest BCUT2D eigenvalue weighted by molar-refractivity contribution is 5.70. The van der Waals surface area contributed by atoms with Gasteiger partial charge in [0.05, 0.1) is 13.2 Å². The molecule has 3 aliphatic heterocycles. The Bertz CT molecular complexity index is 1730. The van der Waals surface area contributed by atoms with E-state index >= 15 is 0 Å². The number of aliphatic hydroxyl groups excluding tert-OH is 1. The first-order valence-corrected chi connectivity index (χ1v) is 19.4. The molecule has 15 atom stereocenters. The van der Waals surface area contributed by atoms with E-state index in [4.69, 9.17) is 71.1 Å². The van der Waals surface area contributed by atoms with E-state index in [1.54, 1.807) is 0 Å². The van der Waals surface area contributed by atoms with Crippen molar-refractivity contribution < 1.29 is 124 Å². The van der Waals surface area contributed by atoms with Crippen LogP contribution in [0.2, 0.25) is 0 Å². The Morgan fingerprint density at radius 1 is 0.328 bits per heavy atom. The fraction of sp³-hybridized carbons (Fsp3) is 0.737. The van der Waals surface area contributed by atoms with Gasteiger partial charge in [0.25, 0.3) is 0 Å². The van der Waals surface area contributed by atoms with E-state index in [0.717, 1.165) is 69.2 Å². The zero-order valence-electron chi connectivity index (χ0n) is 36.4. The maximum absolute atomic E-state index is 12.6. The van der Waals surface area contributed by atoms with Crippen molar-refractivity contribution in [3.8, 4) is 0 Å². The number of hydrogen-bond donors (Lipinski definition) is 1. The zero-order valence-corrected chi connectivity index (χ0v) is 36.4. The largest absolute Gasteiger partial charge is 0.463 e. The van der Waals surface area contributed by atoms with Crippen molar-refractivity contribution in [2.75, 3.05) is 19.8 Å². The fourth-order valence-corrected chi connectivity index (χ4v) is 6.83. The van der Waals surface area contributed by atoms with Crippen LogP contribution < -0.4 is 0 Å². The molecule has 3 fully saturated rings. The summed E-state index contributed by atoms with van der Waals surface area (Å²) in [6.45, 7) is 7.75. The van der Waals surface area contributed by atoms with Crippen molar-refractivity contribution in [1.82, 2.24) is 0 Å². The minimum Gasteiger partial charge on any atom is -0.463 e. The quantitative estimate of drug-likeness (QED) is 0.123. The van der Waals surface area contributed by atoms with Crippen molar-refractivity contribution in [1.29, 1.82) is 0 Å². The number of ether oxygens (including phenoxy) is 15. The molecular formula is C38H52O26. The van der Waals surface area contributed by atoms with Gasteiger partial charge in [-0.15, -0.1) is 0 Å². The Morgan fingerprint density at radius 2 is 0.578 bits per heavy atom. The van der Waals surface area contributed by atoms with Crippen LogP contribution in [0.5, 0.6) is 0 Å². The van der Waals surface area contributed by atoms with Gasteiger partial charge in [-0.1, -0.05) is 0 Å². The predicted molar refractivity (Wildman–Crippen MR) is 197 cm³/mol. The molecule has 0 radical (unpaired) electrons. The van der Waals surface area contributed by atoms with Gasteiger partial charge in [-0.05, 0) is 0 Å². The summed E-state index contributed by atoms with van der Waals surface area (Å²) in [7, 11) is 0. The molecule has 0 aromatic rings. The van der Waals surface area contributed by atoms with E-state index in [-0.39, 0.29) is 0 Å². The monoisotopic (exact) mass is 924 g/mol. The van der Waals surface area contributed by atoms with Crippen LogP contribution in [-0.2, 0) is 119 Å². The lowest BCUT2D eigenvalue weighted by molar-refractivity contribution is -0.343. The van der Waals surface area contributed by atoms with Crippen LogP contribution in [0.1, 0.15) is 69.2 Å². The Hall–Kier alpha value is -5.54. The van der Waals surface area contributed by atoms with E-state index in [9.17, 15) is 53.1 Å². The maximum atomic E-state index is 12.6. The van der Waals surface area contributed by atoms with E-state index in [1.165, 1.54) is 0 Å². The van der Waals surface area contributed by atoms with Crippen molar-refractivity contribution >= 4 is 59.7 Å². The molecule has 3 rings (SSSR count). The number of rotatable bonds is 17. The molecule has 3 saturated heterocycles. The second kappa shape index (κ2) is 23.9. The molecule has 0 aliphatic carbocycles. The molecule has 26 nitrogen and oxygen atoms in total. The minimum atomic E-state index is -2.02. The number of hydrogen-bond acceptors (Lipinski definition) is 26. The topological polar surface area (TPSA) is 329 Å². The van der Waals surface area contributed by atoms with Gasteiger partial charge in [0, 0.05) is 69.2 Å². The van der Waals surface area contributed by atoms with Crippen LogP contribution in [0.25, 0.3) is 0 Å². The summed E-state index contributed by atoms with van der Waals surface area (Å²) in [5, 5.41) is 10.9. The number of esters is 10. The van der Waals surface area contributed by atoms with Crippen LogP contribution in [0, 0.1) is 0 Å². The van der Waals surface area contributed by atoms with E-state index < -0.39 is 172 Å². The Kier molecular flexibility index (Phi) is 19.8. The Morgan fingerprint density at radius 3 is 0.891 bits per heavy atom. The second-order valence-corrected chi connectivity index (χ2v) is 14.3. The van der Waals surface area contributed by atoms with Gasteiger partial charge in [0.2, 0.25) is 0 Å². The van der Waals surface area contributed by atoms with Gasteiger partial charge in [-0.3, -0.25) is 47.9 Å². The second-order valence-electron chi connectivity index (χ2n) is 14.3. The summed E-state index contributed by atoms with van der Waals surface area (Å²) in [6.07, 6.45) is -25.6. The van der Waals surface area contributed by atoms with E-state index in [1.807, 2.05) is 0 Å². The Balaban J connectivity index is 2.11. The molecule has 0 spiro atoms. The molecule has 0 bridgehead atoms. The van der Waals surface area contributed by atoms with Crippen LogP contribution in [0.3, 0.4) is 0 Å². The first kappa shape index (κ1) is 52.8. The molecule has 360 valence electrons. The molecule has 3 heterocycles. The van der Waals surface area contributed by atoms with Crippen LogP contribution in [-0.4, -0.2) is 177 Å². The molecule has 3 aliphatic rings. The summed E-state index contributed by atoms with van der Waals surface area (Å²) in [4.78, 5) is 123. The SMILES string of the molecule is CC(=O)OC[C@H]1O[C@H](OC[C@H]2O[C@H](OC[C@H]3O[C@@H](O)[C@H](OC(C)=O)[C@@H](OC(C)=O)[C@@H]3OC(C)=O)[C@H](OC(C)=O)[C@@H](OC(C)=O)[C@H]2OC(C)=O)[C@H](OC(C)=O)[C@@H](OC(C)=O)[C@H]1OC(C)=O. The normalized spacial score (nSPS) is 32.3. The minimum absolute atomic E-state index is 0.617. The summed E-state index contributed by atoms with van der Waals surface area (Å²) < 4.78 is 83.3. The van der Waals surface area contributed by atoms with Gasteiger partial charge < -0.3 is 76.2 Å². The summed E-state index contributed by atoms with van der Waals surface area (Å²) >= 11 is 0. The number of aliphatic hydroxyl groups is 1. The van der Waals surface area contributed by atoms with Crippen LogP contribution >= 0.6 is 0 Å². The summed E-state index contributed by atoms with van der Waals surface area (Å²) in [6, 6.07) is 0. The molecule has 1 N–H and O–H groups in total. The lowest BCUT2D eigenvalue weighted by atomic mass is 9.96. The summed E-state index contributed by atoms with van der Waals surface area (Å²) in [5.74, 6) is -9.38. The fourth-order valence-electron chi connectivity index (χ4n) is 6.83. The first-order chi connectivity index (χ1) is 29.9. The van der Waals surface area contributed by atoms with Crippen molar-refractivity contribution in [2.45, 2.75) is 161 Å². The number of carbonyl (C=O) groups is 10. The lowest BCUT2D eigenvalue weighted by Crippen LogP contribution is -2.65. The van der Waals surface area contributed by atoms with Crippen molar-refractivity contribution in [2.24, 2.45) is 0 Å². The molecule has 0 unspecified atom stereocenters. The van der Waals surface area contributed by atoms with Crippen LogP contribution in [0.4, 0.5) is 0 Å². The highest BCUT2D eigenvalue weighted by atomic mass is 16.8. The standard InChI is InChI=1S/C38H52O26/c1-14(39)50-11-25-28(54-16(3)41)31(57-19(6)44)34(60-22(9)47)38(63-25)52-13-26-29(55-17(4)42)32(58-20(7)45)35(61-23(10)48)37(64-26)51-12-24-27(53-15(2)40)30(56-18(5)43)33(36(49)62-24)59-21(8)46/h24-38,49H,11-13H2,1-10H3/t24-,25-,26-,27-,28+,29+,30+,31+,32+,33-,34-,35-,36-,37+,38+/m1/s1. The number of carbonyl (C=O) groups excluding carboxylic acids is 10. The van der Waals surface area contributed by atoms with Gasteiger partial charge >= 0.3 is 59.7 Å². The average molecular weight is 925 g/mol. The first-order valence-electron chi connectivity index (χ1n) is 19.4. The van der Waals surface area contributed by atoms with Gasteiger partial charge in [0.1, 0.15) is 24.9 Å². The third kappa shape index (κ3) is 15.6. The van der Waals surface area contributed by atoms with E-state index in [2.05, 4.69) is 0 Å².